The predicted molar refractivity (Wildman–Crippen MR) is 91.6 cm³/mol. The molecule has 0 radical (unpaired) electrons. The number of hydrogen-bond donors (Lipinski definition) is 1. The second kappa shape index (κ2) is 7.64. The Balaban J connectivity index is 1.77. The van der Waals surface area contributed by atoms with Crippen LogP contribution in [0.4, 0.5) is 5.69 Å². The van der Waals surface area contributed by atoms with Crippen molar-refractivity contribution in [2.75, 3.05) is 11.9 Å². The number of carbonyl (C=O) groups is 1. The minimum Gasteiger partial charge on any atom is -0.493 e. The van der Waals surface area contributed by atoms with Crippen LogP contribution in [0.3, 0.4) is 0 Å². The maximum absolute atomic E-state index is 11.9. The number of amides is 1. The van der Waals surface area contributed by atoms with E-state index in [-0.39, 0.29) is 5.91 Å². The Morgan fingerprint density at radius 1 is 1.42 bits per heavy atom. The van der Waals surface area contributed by atoms with Gasteiger partial charge in [0.15, 0.2) is 0 Å². The van der Waals surface area contributed by atoms with Crippen LogP contribution in [0.2, 0.25) is 0 Å². The monoisotopic (exact) mass is 326 g/mol. The van der Waals surface area contributed by atoms with Crippen LogP contribution in [-0.4, -0.2) is 22.3 Å². The molecule has 6 nitrogen and oxygen atoms in total. The highest BCUT2D eigenvalue weighted by atomic mass is 16.5. The van der Waals surface area contributed by atoms with Gasteiger partial charge in [-0.25, -0.2) is 0 Å². The molecule has 0 spiro atoms. The zero-order valence-electron chi connectivity index (χ0n) is 14.2. The summed E-state index contributed by atoms with van der Waals surface area (Å²) in [6.45, 7) is 6.81. The lowest BCUT2D eigenvalue weighted by Gasteiger charge is -2.16. The van der Waals surface area contributed by atoms with Gasteiger partial charge in [-0.3, -0.25) is 9.48 Å². The van der Waals surface area contributed by atoms with E-state index in [1.165, 1.54) is 0 Å². The molecule has 0 saturated heterocycles. The first-order valence-corrected chi connectivity index (χ1v) is 7.85. The number of benzene rings is 1. The maximum Gasteiger partial charge on any atom is 0.229 e. The average molecular weight is 326 g/mol. The minimum atomic E-state index is -0.437. The molecule has 0 fully saturated rings. The number of ether oxygens (including phenoxy) is 1. The number of nitriles is 1. The van der Waals surface area contributed by atoms with E-state index in [1.54, 1.807) is 35.3 Å². The topological polar surface area (TPSA) is 79.9 Å². The van der Waals surface area contributed by atoms with Gasteiger partial charge in [-0.1, -0.05) is 26.8 Å². The number of aromatic nitrogens is 2. The van der Waals surface area contributed by atoms with Crippen molar-refractivity contribution in [3.63, 3.8) is 0 Å². The molecule has 0 aliphatic heterocycles. The van der Waals surface area contributed by atoms with Crippen molar-refractivity contribution in [3.8, 4) is 11.8 Å². The molecule has 0 unspecified atom stereocenters. The third-order valence-corrected chi connectivity index (χ3v) is 3.34. The molecule has 1 amide bonds. The highest BCUT2D eigenvalue weighted by Crippen LogP contribution is 2.17. The third-order valence-electron chi connectivity index (χ3n) is 3.34. The number of rotatable bonds is 6. The zero-order valence-corrected chi connectivity index (χ0v) is 14.2. The summed E-state index contributed by atoms with van der Waals surface area (Å²) in [5, 5.41) is 15.9. The van der Waals surface area contributed by atoms with E-state index < -0.39 is 5.41 Å². The molecule has 126 valence electrons. The standard InChI is InChI=1S/C18H22N4O2/c1-18(2,3)17(23)21-15-12-20-22(13-15)8-5-9-24-16-7-4-6-14(10-16)11-19/h4,6-7,10,12-13H,5,8-9H2,1-3H3,(H,21,23). The summed E-state index contributed by atoms with van der Waals surface area (Å²) in [5.41, 5.74) is 0.838. The molecule has 0 atom stereocenters. The smallest absolute Gasteiger partial charge is 0.229 e. The molecule has 1 aromatic heterocycles. The molecule has 0 aliphatic carbocycles. The van der Waals surface area contributed by atoms with Gasteiger partial charge in [0.2, 0.25) is 5.91 Å². The van der Waals surface area contributed by atoms with Crippen LogP contribution in [0.25, 0.3) is 0 Å². The van der Waals surface area contributed by atoms with E-state index in [0.717, 1.165) is 6.42 Å². The summed E-state index contributed by atoms with van der Waals surface area (Å²) in [4.78, 5) is 11.9. The molecule has 0 saturated carbocycles. The van der Waals surface area contributed by atoms with Crippen molar-refractivity contribution in [1.82, 2.24) is 9.78 Å². The lowest BCUT2D eigenvalue weighted by Crippen LogP contribution is -2.27. The molecule has 2 aromatic rings. The van der Waals surface area contributed by atoms with Gasteiger partial charge in [0.25, 0.3) is 0 Å². The van der Waals surface area contributed by atoms with Gasteiger partial charge in [0.05, 0.1) is 30.1 Å². The second-order valence-corrected chi connectivity index (χ2v) is 6.54. The summed E-state index contributed by atoms with van der Waals surface area (Å²) in [6, 6.07) is 9.17. The largest absolute Gasteiger partial charge is 0.493 e. The van der Waals surface area contributed by atoms with Crippen molar-refractivity contribution in [2.45, 2.75) is 33.7 Å². The van der Waals surface area contributed by atoms with E-state index in [2.05, 4.69) is 16.5 Å². The first kappa shape index (κ1) is 17.5. The summed E-state index contributed by atoms with van der Waals surface area (Å²) < 4.78 is 7.40. The van der Waals surface area contributed by atoms with Crippen molar-refractivity contribution >= 4 is 11.6 Å². The molecule has 6 heteroatoms. The summed E-state index contributed by atoms with van der Waals surface area (Å²) in [5.74, 6) is 0.649. The second-order valence-electron chi connectivity index (χ2n) is 6.54. The van der Waals surface area contributed by atoms with Crippen LogP contribution in [0, 0.1) is 16.7 Å². The Labute approximate surface area is 142 Å². The molecule has 1 heterocycles. The minimum absolute atomic E-state index is 0.0391. The van der Waals surface area contributed by atoms with Crippen LogP contribution in [0.15, 0.2) is 36.7 Å². The number of hydrogen-bond acceptors (Lipinski definition) is 4. The SMILES string of the molecule is CC(C)(C)C(=O)Nc1cnn(CCCOc2cccc(C#N)c2)c1. The van der Waals surface area contributed by atoms with E-state index in [9.17, 15) is 4.79 Å². The van der Waals surface area contributed by atoms with Gasteiger partial charge in [-0.05, 0) is 18.2 Å². The first-order chi connectivity index (χ1) is 11.4. The van der Waals surface area contributed by atoms with Gasteiger partial charge in [-0.2, -0.15) is 10.4 Å². The number of anilines is 1. The first-order valence-electron chi connectivity index (χ1n) is 7.85. The highest BCUT2D eigenvalue weighted by Gasteiger charge is 2.21. The van der Waals surface area contributed by atoms with E-state index in [0.29, 0.717) is 30.2 Å². The number of carbonyl (C=O) groups excluding carboxylic acids is 1. The summed E-state index contributed by atoms with van der Waals surface area (Å²) in [7, 11) is 0. The molecule has 0 bridgehead atoms. The Bertz CT molecular complexity index is 738. The molecular weight excluding hydrogens is 304 g/mol. The van der Waals surface area contributed by atoms with Crippen molar-refractivity contribution in [2.24, 2.45) is 5.41 Å². The van der Waals surface area contributed by atoms with Gasteiger partial charge in [0.1, 0.15) is 5.75 Å². The number of aryl methyl sites for hydroxylation is 1. The normalized spacial score (nSPS) is 10.9. The summed E-state index contributed by atoms with van der Waals surface area (Å²) in [6.07, 6.45) is 4.21. The fourth-order valence-corrected chi connectivity index (χ4v) is 1.94. The van der Waals surface area contributed by atoms with E-state index in [4.69, 9.17) is 10.00 Å². The van der Waals surface area contributed by atoms with Crippen LogP contribution < -0.4 is 10.1 Å². The molecular formula is C18H22N4O2. The van der Waals surface area contributed by atoms with Crippen LogP contribution in [0.5, 0.6) is 5.75 Å². The average Bonchev–Trinajstić information content (AvgIpc) is 2.98. The van der Waals surface area contributed by atoms with Crippen molar-refractivity contribution in [1.29, 1.82) is 5.26 Å². The lowest BCUT2D eigenvalue weighted by atomic mass is 9.96. The fourth-order valence-electron chi connectivity index (χ4n) is 1.94. The Morgan fingerprint density at radius 2 is 2.21 bits per heavy atom. The quantitative estimate of drug-likeness (QED) is 0.827. The van der Waals surface area contributed by atoms with Crippen molar-refractivity contribution in [3.05, 3.63) is 42.2 Å². The van der Waals surface area contributed by atoms with Crippen LogP contribution in [-0.2, 0) is 11.3 Å². The molecule has 2 rings (SSSR count). The van der Waals surface area contributed by atoms with Crippen LogP contribution >= 0.6 is 0 Å². The van der Waals surface area contributed by atoms with Gasteiger partial charge < -0.3 is 10.1 Å². The third kappa shape index (κ3) is 5.13. The van der Waals surface area contributed by atoms with E-state index in [1.807, 2.05) is 26.8 Å². The Kier molecular flexibility index (Phi) is 5.59. The number of nitrogens with one attached hydrogen (secondary N) is 1. The summed E-state index contributed by atoms with van der Waals surface area (Å²) >= 11 is 0. The number of nitrogens with zero attached hydrogens (tertiary/aromatic N) is 3. The lowest BCUT2D eigenvalue weighted by molar-refractivity contribution is -0.123. The Hall–Kier alpha value is -2.81. The molecule has 1 N–H and O–H groups in total. The molecule has 24 heavy (non-hydrogen) atoms. The zero-order chi connectivity index (χ0) is 17.6. The van der Waals surface area contributed by atoms with Gasteiger partial charge in [0, 0.05) is 24.6 Å². The highest BCUT2D eigenvalue weighted by molar-refractivity contribution is 5.94. The van der Waals surface area contributed by atoms with Gasteiger partial charge >= 0.3 is 0 Å². The van der Waals surface area contributed by atoms with E-state index >= 15 is 0 Å². The molecule has 1 aromatic carbocycles. The predicted octanol–water partition coefficient (Wildman–Crippen LogP) is 3.21. The maximum atomic E-state index is 11.9. The van der Waals surface area contributed by atoms with Crippen molar-refractivity contribution < 1.29 is 9.53 Å². The van der Waals surface area contributed by atoms with Gasteiger partial charge in [-0.15, -0.1) is 0 Å². The van der Waals surface area contributed by atoms with Crippen LogP contribution in [0.1, 0.15) is 32.8 Å². The molecule has 0 aliphatic rings. The Morgan fingerprint density at radius 3 is 2.92 bits per heavy atom. The fraction of sp³-hybridized carbons (Fsp3) is 0.389.